The Kier molecular flexibility index (Phi) is 6.97. The van der Waals surface area contributed by atoms with Gasteiger partial charge in [-0.05, 0) is 76.3 Å². The molecular weight excluding hydrogens is 384 g/mol. The second kappa shape index (κ2) is 10.1. The molecule has 164 valence electrons. The highest BCUT2D eigenvalue weighted by Crippen LogP contribution is 2.26. The van der Waals surface area contributed by atoms with E-state index in [4.69, 9.17) is 9.97 Å². The summed E-state index contributed by atoms with van der Waals surface area (Å²) >= 11 is 0. The molecule has 1 aliphatic carbocycles. The topological polar surface area (TPSA) is 66.0 Å². The van der Waals surface area contributed by atoms with Crippen molar-refractivity contribution < 1.29 is 0 Å². The van der Waals surface area contributed by atoms with Crippen molar-refractivity contribution in [3.05, 3.63) is 53.9 Å². The predicted molar refractivity (Wildman–Crippen MR) is 129 cm³/mol. The second-order valence-electron chi connectivity index (χ2n) is 8.80. The summed E-state index contributed by atoms with van der Waals surface area (Å²) in [7, 11) is 4.06. The zero-order valence-electron chi connectivity index (χ0n) is 18.9. The molecular formula is C25H34N6. The molecule has 0 amide bonds. The molecule has 2 N–H and O–H groups in total. The minimum absolute atomic E-state index is 0.436. The van der Waals surface area contributed by atoms with E-state index in [9.17, 15) is 0 Å². The number of benzene rings is 1. The Morgan fingerprint density at radius 1 is 0.903 bits per heavy atom. The molecule has 0 unspecified atom stereocenters. The van der Waals surface area contributed by atoms with Crippen LogP contribution in [0.4, 0.5) is 11.8 Å². The molecule has 4 rings (SSSR count). The van der Waals surface area contributed by atoms with Crippen molar-refractivity contribution in [1.29, 1.82) is 0 Å². The van der Waals surface area contributed by atoms with Crippen molar-refractivity contribution in [3.8, 4) is 0 Å². The highest BCUT2D eigenvalue weighted by atomic mass is 15.2. The summed E-state index contributed by atoms with van der Waals surface area (Å²) < 4.78 is 0. The quantitative estimate of drug-likeness (QED) is 0.531. The first-order valence-electron chi connectivity index (χ1n) is 11.4. The van der Waals surface area contributed by atoms with E-state index >= 15 is 0 Å². The number of nitrogens with zero attached hydrogens (tertiary/aromatic N) is 4. The van der Waals surface area contributed by atoms with Crippen LogP contribution in [-0.2, 0) is 6.42 Å². The van der Waals surface area contributed by atoms with E-state index in [-0.39, 0.29) is 0 Å². The number of anilines is 2. The normalized spacial score (nSPS) is 18.8. The van der Waals surface area contributed by atoms with Crippen molar-refractivity contribution in [2.24, 2.45) is 0 Å². The number of fused-ring (bicyclic) bond motifs is 1. The molecule has 0 atom stereocenters. The number of pyridine rings is 1. The Morgan fingerprint density at radius 2 is 1.68 bits per heavy atom. The van der Waals surface area contributed by atoms with Gasteiger partial charge in [0.25, 0.3) is 0 Å². The third-order valence-corrected chi connectivity index (χ3v) is 6.06. The fourth-order valence-electron chi connectivity index (χ4n) is 4.40. The van der Waals surface area contributed by atoms with Crippen LogP contribution in [0.2, 0.25) is 0 Å². The smallest absolute Gasteiger partial charge is 0.225 e. The van der Waals surface area contributed by atoms with Gasteiger partial charge in [-0.2, -0.15) is 4.98 Å². The largest absolute Gasteiger partial charge is 0.362 e. The van der Waals surface area contributed by atoms with Crippen molar-refractivity contribution in [1.82, 2.24) is 20.3 Å². The van der Waals surface area contributed by atoms with Gasteiger partial charge < -0.3 is 15.5 Å². The van der Waals surface area contributed by atoms with Gasteiger partial charge in [-0.1, -0.05) is 18.2 Å². The summed E-state index contributed by atoms with van der Waals surface area (Å²) in [4.78, 5) is 16.2. The minimum Gasteiger partial charge on any atom is -0.362 e. The molecule has 31 heavy (non-hydrogen) atoms. The standard InChI is InChI=1S/C25H34N6/c1-18-8-6-9-20(27-18)10-7-17-26-19-13-15-21(16-14-19)28-25-29-23-12-5-4-11-22(23)24(30-25)31(2)3/h4-6,8-9,11-12,19,21,26H,7,10,13-17H2,1-3H3,(H,28,29,30)/t19-,21+. The maximum Gasteiger partial charge on any atom is 0.225 e. The van der Waals surface area contributed by atoms with Crippen LogP contribution in [0.15, 0.2) is 42.5 Å². The molecule has 1 aromatic carbocycles. The lowest BCUT2D eigenvalue weighted by molar-refractivity contribution is 0.352. The molecule has 1 fully saturated rings. The molecule has 0 radical (unpaired) electrons. The number of para-hydroxylation sites is 1. The van der Waals surface area contributed by atoms with Crippen molar-refractivity contribution >= 4 is 22.7 Å². The summed E-state index contributed by atoms with van der Waals surface area (Å²) in [5.74, 6) is 1.70. The maximum atomic E-state index is 4.79. The summed E-state index contributed by atoms with van der Waals surface area (Å²) in [5.41, 5.74) is 3.29. The Morgan fingerprint density at radius 3 is 2.45 bits per heavy atom. The van der Waals surface area contributed by atoms with E-state index in [1.54, 1.807) is 0 Å². The van der Waals surface area contributed by atoms with E-state index in [1.807, 2.05) is 26.2 Å². The summed E-state index contributed by atoms with van der Waals surface area (Å²) in [6.45, 7) is 3.11. The molecule has 1 saturated carbocycles. The minimum atomic E-state index is 0.436. The third-order valence-electron chi connectivity index (χ3n) is 6.06. The van der Waals surface area contributed by atoms with Crippen LogP contribution >= 0.6 is 0 Å². The first-order valence-corrected chi connectivity index (χ1v) is 11.4. The number of aromatic nitrogens is 3. The van der Waals surface area contributed by atoms with Gasteiger partial charge in [0.05, 0.1) is 5.52 Å². The fraction of sp³-hybridized carbons (Fsp3) is 0.480. The Balaban J connectivity index is 1.25. The molecule has 2 aromatic heterocycles. The molecule has 6 heteroatoms. The van der Waals surface area contributed by atoms with Crippen LogP contribution < -0.4 is 15.5 Å². The highest BCUT2D eigenvalue weighted by molar-refractivity contribution is 5.90. The number of hydrogen-bond acceptors (Lipinski definition) is 6. The zero-order valence-corrected chi connectivity index (χ0v) is 18.9. The number of aryl methyl sites for hydroxylation is 2. The van der Waals surface area contributed by atoms with E-state index in [1.165, 1.54) is 18.5 Å². The van der Waals surface area contributed by atoms with Gasteiger partial charge in [-0.15, -0.1) is 0 Å². The summed E-state index contributed by atoms with van der Waals surface area (Å²) in [6, 6.07) is 15.5. The van der Waals surface area contributed by atoms with Crippen molar-refractivity contribution in [2.45, 2.75) is 57.5 Å². The SMILES string of the molecule is Cc1cccc(CCCN[C@H]2CC[C@@H](Nc3nc(N(C)C)c4ccccc4n3)CC2)n1. The lowest BCUT2D eigenvalue weighted by atomic mass is 9.91. The second-order valence-corrected chi connectivity index (χ2v) is 8.80. The van der Waals surface area contributed by atoms with Gasteiger partial charge in [0.2, 0.25) is 5.95 Å². The number of rotatable bonds is 8. The van der Waals surface area contributed by atoms with Crippen LogP contribution in [0.1, 0.15) is 43.5 Å². The zero-order chi connectivity index (χ0) is 21.6. The number of nitrogens with one attached hydrogen (secondary N) is 2. The lowest BCUT2D eigenvalue weighted by Gasteiger charge is -2.30. The summed E-state index contributed by atoms with van der Waals surface area (Å²) in [5, 5.41) is 8.43. The van der Waals surface area contributed by atoms with E-state index in [2.05, 4.69) is 57.8 Å². The van der Waals surface area contributed by atoms with Gasteiger partial charge in [0, 0.05) is 43.0 Å². The first-order chi connectivity index (χ1) is 15.1. The lowest BCUT2D eigenvalue weighted by Crippen LogP contribution is -2.37. The Hall–Kier alpha value is -2.73. The van der Waals surface area contributed by atoms with Crippen LogP contribution in [0, 0.1) is 6.92 Å². The Bertz CT molecular complexity index is 994. The molecule has 3 aromatic rings. The monoisotopic (exact) mass is 418 g/mol. The van der Waals surface area contributed by atoms with Crippen molar-refractivity contribution in [3.63, 3.8) is 0 Å². The average molecular weight is 419 g/mol. The molecule has 0 spiro atoms. The molecule has 2 heterocycles. The molecule has 0 saturated heterocycles. The molecule has 0 aliphatic heterocycles. The predicted octanol–water partition coefficient (Wildman–Crippen LogP) is 4.34. The summed E-state index contributed by atoms with van der Waals surface area (Å²) in [6.07, 6.45) is 6.84. The van der Waals surface area contributed by atoms with E-state index in [0.717, 1.165) is 60.6 Å². The van der Waals surface area contributed by atoms with Gasteiger partial charge in [-0.3, -0.25) is 4.98 Å². The van der Waals surface area contributed by atoms with Crippen LogP contribution in [0.25, 0.3) is 10.9 Å². The van der Waals surface area contributed by atoms with E-state index < -0.39 is 0 Å². The van der Waals surface area contributed by atoms with E-state index in [0.29, 0.717) is 12.1 Å². The van der Waals surface area contributed by atoms with Crippen LogP contribution in [0.5, 0.6) is 0 Å². The van der Waals surface area contributed by atoms with Gasteiger partial charge in [-0.25, -0.2) is 4.98 Å². The molecule has 6 nitrogen and oxygen atoms in total. The van der Waals surface area contributed by atoms with Crippen LogP contribution in [0.3, 0.4) is 0 Å². The van der Waals surface area contributed by atoms with Gasteiger partial charge in [0.15, 0.2) is 0 Å². The van der Waals surface area contributed by atoms with Gasteiger partial charge >= 0.3 is 0 Å². The fourth-order valence-corrected chi connectivity index (χ4v) is 4.40. The molecule has 0 bridgehead atoms. The third kappa shape index (κ3) is 5.70. The Labute approximate surface area is 185 Å². The maximum absolute atomic E-state index is 4.79. The van der Waals surface area contributed by atoms with Crippen molar-refractivity contribution in [2.75, 3.05) is 30.9 Å². The highest BCUT2D eigenvalue weighted by Gasteiger charge is 2.22. The number of hydrogen-bond donors (Lipinski definition) is 2. The van der Waals surface area contributed by atoms with Crippen LogP contribution in [-0.4, -0.2) is 47.7 Å². The molecule has 1 aliphatic rings. The average Bonchev–Trinajstić information content (AvgIpc) is 2.77. The van der Waals surface area contributed by atoms with Gasteiger partial charge in [0.1, 0.15) is 5.82 Å². The first kappa shape index (κ1) is 21.5.